The molecule has 5 heteroatoms. The van der Waals surface area contributed by atoms with Gasteiger partial charge >= 0.3 is 0 Å². The molecule has 0 aliphatic rings. The number of hydrogen-bond acceptors (Lipinski definition) is 2. The van der Waals surface area contributed by atoms with Crippen LogP contribution in [0.25, 0.3) is 0 Å². The fourth-order valence-corrected chi connectivity index (χ4v) is 1.83. The second kappa shape index (κ2) is 8.40. The highest BCUT2D eigenvalue weighted by molar-refractivity contribution is 5.79. The van der Waals surface area contributed by atoms with Gasteiger partial charge in [-0.15, -0.1) is 0 Å². The number of nitrogens with zero attached hydrogens (tertiary/aromatic N) is 2. The summed E-state index contributed by atoms with van der Waals surface area (Å²) in [6, 6.07) is 7.01. The predicted octanol–water partition coefficient (Wildman–Crippen LogP) is 2.23. The number of anilines is 1. The quantitative estimate of drug-likeness (QED) is 0.477. The Hall–Kier alpha value is -1.78. The third-order valence-electron chi connectivity index (χ3n) is 2.86. The van der Waals surface area contributed by atoms with Crippen LogP contribution >= 0.6 is 0 Å². The highest BCUT2D eigenvalue weighted by atomic mass is 19.1. The van der Waals surface area contributed by atoms with Gasteiger partial charge < -0.3 is 15.5 Å². The molecule has 0 saturated heterocycles. The van der Waals surface area contributed by atoms with Gasteiger partial charge in [0, 0.05) is 38.9 Å². The summed E-state index contributed by atoms with van der Waals surface area (Å²) in [5.41, 5.74) is 0.898. The molecule has 0 radical (unpaired) electrons. The predicted molar refractivity (Wildman–Crippen MR) is 83.9 cm³/mol. The second-order valence-electron chi connectivity index (χ2n) is 5.05. The van der Waals surface area contributed by atoms with Crippen LogP contribution in [0.5, 0.6) is 0 Å². The number of aliphatic imine (C=N–C) groups is 1. The molecule has 0 aromatic heterocycles. The third kappa shape index (κ3) is 5.91. The van der Waals surface area contributed by atoms with Gasteiger partial charge in [-0.2, -0.15) is 0 Å². The van der Waals surface area contributed by atoms with Crippen molar-refractivity contribution in [1.82, 2.24) is 10.6 Å². The van der Waals surface area contributed by atoms with Crippen LogP contribution in [0.2, 0.25) is 0 Å². The van der Waals surface area contributed by atoms with E-state index >= 15 is 0 Å². The van der Waals surface area contributed by atoms with Gasteiger partial charge in [-0.25, -0.2) is 4.39 Å². The van der Waals surface area contributed by atoms with E-state index < -0.39 is 0 Å². The smallest absolute Gasteiger partial charge is 0.191 e. The summed E-state index contributed by atoms with van der Waals surface area (Å²) in [6.45, 7) is 5.83. The van der Waals surface area contributed by atoms with E-state index in [4.69, 9.17) is 0 Å². The molecule has 0 aliphatic heterocycles. The molecule has 112 valence electrons. The van der Waals surface area contributed by atoms with Gasteiger partial charge in [0.25, 0.3) is 0 Å². The van der Waals surface area contributed by atoms with Crippen molar-refractivity contribution >= 4 is 11.6 Å². The summed E-state index contributed by atoms with van der Waals surface area (Å²) in [5.74, 6) is 0.613. The van der Waals surface area contributed by atoms with Crippen LogP contribution in [-0.2, 0) is 0 Å². The van der Waals surface area contributed by atoms with E-state index in [1.165, 1.54) is 6.07 Å². The Balaban J connectivity index is 2.30. The molecule has 0 unspecified atom stereocenters. The van der Waals surface area contributed by atoms with Gasteiger partial charge in [0.2, 0.25) is 0 Å². The Bertz CT molecular complexity index is 432. The van der Waals surface area contributed by atoms with Gasteiger partial charge in [-0.3, -0.25) is 4.99 Å². The minimum absolute atomic E-state index is 0.200. The Morgan fingerprint density at radius 3 is 2.75 bits per heavy atom. The standard InChI is InChI=1S/C15H25FN4/c1-12(2)19-15(17-3)18-9-6-10-20(4)14-8-5-7-13(16)11-14/h5,7-8,11-12H,6,9-10H2,1-4H3,(H2,17,18,19). The lowest BCUT2D eigenvalue weighted by Gasteiger charge is -2.20. The Morgan fingerprint density at radius 1 is 1.40 bits per heavy atom. The highest BCUT2D eigenvalue weighted by Crippen LogP contribution is 2.13. The van der Waals surface area contributed by atoms with E-state index in [2.05, 4.69) is 29.5 Å². The summed E-state index contributed by atoms with van der Waals surface area (Å²) in [5, 5.41) is 6.49. The summed E-state index contributed by atoms with van der Waals surface area (Å²) in [6.07, 6.45) is 0.950. The van der Waals surface area contributed by atoms with Crippen molar-refractivity contribution in [3.05, 3.63) is 30.1 Å². The molecular weight excluding hydrogens is 255 g/mol. The van der Waals surface area contributed by atoms with Crippen LogP contribution in [0.15, 0.2) is 29.3 Å². The molecule has 0 spiro atoms. The first-order valence-corrected chi connectivity index (χ1v) is 6.97. The van der Waals surface area contributed by atoms with Crippen molar-refractivity contribution in [1.29, 1.82) is 0 Å². The van der Waals surface area contributed by atoms with Crippen LogP contribution in [0.1, 0.15) is 20.3 Å². The molecule has 0 fully saturated rings. The highest BCUT2D eigenvalue weighted by Gasteiger charge is 2.03. The van der Waals surface area contributed by atoms with Crippen molar-refractivity contribution in [3.8, 4) is 0 Å². The molecule has 0 bridgehead atoms. The first-order valence-electron chi connectivity index (χ1n) is 6.97. The Morgan fingerprint density at radius 2 is 2.15 bits per heavy atom. The summed E-state index contributed by atoms with van der Waals surface area (Å²) in [4.78, 5) is 6.19. The molecule has 20 heavy (non-hydrogen) atoms. The maximum atomic E-state index is 13.1. The monoisotopic (exact) mass is 280 g/mol. The topological polar surface area (TPSA) is 39.7 Å². The molecular formula is C15H25FN4. The van der Waals surface area contributed by atoms with E-state index in [9.17, 15) is 4.39 Å². The zero-order valence-corrected chi connectivity index (χ0v) is 12.8. The van der Waals surface area contributed by atoms with Gasteiger partial charge in [0.05, 0.1) is 0 Å². The van der Waals surface area contributed by atoms with Crippen LogP contribution < -0.4 is 15.5 Å². The lowest BCUT2D eigenvalue weighted by Crippen LogP contribution is -2.41. The van der Waals surface area contributed by atoms with Gasteiger partial charge in [0.1, 0.15) is 5.82 Å². The Kier molecular flexibility index (Phi) is 6.84. The molecule has 0 atom stereocenters. The van der Waals surface area contributed by atoms with E-state index in [0.717, 1.165) is 31.2 Å². The summed E-state index contributed by atoms with van der Waals surface area (Å²) in [7, 11) is 3.73. The number of nitrogens with one attached hydrogen (secondary N) is 2. The van der Waals surface area contributed by atoms with Crippen molar-refractivity contribution in [2.75, 3.05) is 32.1 Å². The third-order valence-corrected chi connectivity index (χ3v) is 2.86. The van der Waals surface area contributed by atoms with Gasteiger partial charge in [0.15, 0.2) is 5.96 Å². The van der Waals surface area contributed by atoms with Crippen molar-refractivity contribution in [2.24, 2.45) is 4.99 Å². The zero-order valence-electron chi connectivity index (χ0n) is 12.8. The van der Waals surface area contributed by atoms with Gasteiger partial charge in [-0.1, -0.05) is 6.07 Å². The summed E-state index contributed by atoms with van der Waals surface area (Å²) < 4.78 is 13.1. The number of halogens is 1. The van der Waals surface area contributed by atoms with Crippen molar-refractivity contribution < 1.29 is 4.39 Å². The first-order chi connectivity index (χ1) is 9.52. The van der Waals surface area contributed by atoms with Crippen molar-refractivity contribution in [2.45, 2.75) is 26.3 Å². The molecule has 0 saturated carbocycles. The second-order valence-corrected chi connectivity index (χ2v) is 5.05. The van der Waals surface area contributed by atoms with Crippen LogP contribution in [0, 0.1) is 5.82 Å². The average molecular weight is 280 g/mol. The van der Waals surface area contributed by atoms with E-state index in [1.807, 2.05) is 18.0 Å². The molecule has 2 N–H and O–H groups in total. The SMILES string of the molecule is CN=C(NCCCN(C)c1cccc(F)c1)NC(C)C. The first kappa shape index (κ1) is 16.3. The number of hydrogen-bond donors (Lipinski definition) is 2. The normalized spacial score (nSPS) is 11.6. The molecule has 0 heterocycles. The number of rotatable bonds is 6. The fraction of sp³-hybridized carbons (Fsp3) is 0.533. The number of benzene rings is 1. The van der Waals surface area contributed by atoms with Crippen LogP contribution in [0.4, 0.5) is 10.1 Å². The lowest BCUT2D eigenvalue weighted by atomic mass is 10.2. The molecule has 1 aromatic carbocycles. The minimum atomic E-state index is -0.200. The lowest BCUT2D eigenvalue weighted by molar-refractivity contribution is 0.626. The maximum absolute atomic E-state index is 13.1. The summed E-state index contributed by atoms with van der Waals surface area (Å²) >= 11 is 0. The van der Waals surface area contributed by atoms with E-state index in [-0.39, 0.29) is 5.82 Å². The van der Waals surface area contributed by atoms with E-state index in [0.29, 0.717) is 6.04 Å². The molecule has 4 nitrogen and oxygen atoms in total. The van der Waals surface area contributed by atoms with Crippen LogP contribution in [0.3, 0.4) is 0 Å². The van der Waals surface area contributed by atoms with Gasteiger partial charge in [-0.05, 0) is 38.5 Å². The number of guanidine groups is 1. The largest absolute Gasteiger partial charge is 0.374 e. The van der Waals surface area contributed by atoms with E-state index in [1.54, 1.807) is 19.2 Å². The molecule has 1 aromatic rings. The van der Waals surface area contributed by atoms with Crippen LogP contribution in [-0.4, -0.2) is 39.2 Å². The van der Waals surface area contributed by atoms with Crippen molar-refractivity contribution in [3.63, 3.8) is 0 Å². The molecule has 0 amide bonds. The minimum Gasteiger partial charge on any atom is -0.374 e. The molecule has 1 rings (SSSR count). The molecule has 0 aliphatic carbocycles. The average Bonchev–Trinajstić information content (AvgIpc) is 2.41. The maximum Gasteiger partial charge on any atom is 0.191 e. The Labute approximate surface area is 121 Å². The fourth-order valence-electron chi connectivity index (χ4n) is 1.83. The zero-order chi connectivity index (χ0) is 15.0.